The minimum Gasteiger partial charge on any atom is -0.439 e. The summed E-state index contributed by atoms with van der Waals surface area (Å²) in [5.41, 5.74) is -0.140. The summed E-state index contributed by atoms with van der Waals surface area (Å²) in [5, 5.41) is 14.4. The number of amides is 1. The number of benzene rings is 2. The Morgan fingerprint density at radius 2 is 1.74 bits per heavy atom. The summed E-state index contributed by atoms with van der Waals surface area (Å²) in [6.45, 7) is 0. The van der Waals surface area contributed by atoms with Crippen LogP contribution in [0.15, 0.2) is 60.8 Å². The minimum atomic E-state index is -0.669. The lowest BCUT2D eigenvalue weighted by atomic mass is 10.1. The summed E-state index contributed by atoms with van der Waals surface area (Å²) < 4.78 is 5.56. The van der Waals surface area contributed by atoms with Gasteiger partial charge in [0.05, 0.1) is 16.8 Å². The van der Waals surface area contributed by atoms with Gasteiger partial charge < -0.3 is 10.1 Å². The minimum absolute atomic E-state index is 0.144. The highest BCUT2D eigenvalue weighted by Crippen LogP contribution is 2.25. The van der Waals surface area contributed by atoms with Crippen LogP contribution in [0.4, 0.5) is 11.4 Å². The van der Waals surface area contributed by atoms with Gasteiger partial charge in [-0.15, -0.1) is 0 Å². The average molecular weight is 404 g/mol. The molecule has 0 aliphatic carbocycles. The van der Waals surface area contributed by atoms with Crippen molar-refractivity contribution in [1.82, 2.24) is 4.98 Å². The van der Waals surface area contributed by atoms with Gasteiger partial charge in [-0.25, -0.2) is 4.98 Å². The molecule has 1 aromatic heterocycles. The third-order valence-corrected chi connectivity index (χ3v) is 3.92. The molecule has 3 aromatic rings. The van der Waals surface area contributed by atoms with Gasteiger partial charge in [0, 0.05) is 22.2 Å². The second-order valence-electron chi connectivity index (χ2n) is 5.31. The first kappa shape index (κ1) is 18.6. The number of hydrogen-bond donors (Lipinski definition) is 1. The van der Waals surface area contributed by atoms with Crippen molar-refractivity contribution in [2.75, 3.05) is 5.32 Å². The number of pyridine rings is 1. The number of anilines is 1. The molecule has 136 valence electrons. The van der Waals surface area contributed by atoms with Crippen LogP contribution in [0.2, 0.25) is 10.0 Å². The van der Waals surface area contributed by atoms with Crippen LogP contribution in [0.25, 0.3) is 0 Å². The van der Waals surface area contributed by atoms with Crippen molar-refractivity contribution in [3.63, 3.8) is 0 Å². The Kier molecular flexibility index (Phi) is 5.54. The van der Waals surface area contributed by atoms with Crippen molar-refractivity contribution >= 4 is 40.5 Å². The first-order chi connectivity index (χ1) is 12.9. The molecule has 27 heavy (non-hydrogen) atoms. The van der Waals surface area contributed by atoms with Crippen molar-refractivity contribution in [3.8, 4) is 11.6 Å². The van der Waals surface area contributed by atoms with Gasteiger partial charge in [0.2, 0.25) is 5.88 Å². The second-order valence-corrected chi connectivity index (χ2v) is 6.19. The Bertz CT molecular complexity index is 992. The summed E-state index contributed by atoms with van der Waals surface area (Å²) in [5.74, 6) is 0.194. The predicted molar refractivity (Wildman–Crippen MR) is 102 cm³/mol. The van der Waals surface area contributed by atoms with E-state index in [0.717, 1.165) is 0 Å². The maximum absolute atomic E-state index is 12.4. The fraction of sp³-hybridized carbons (Fsp3) is 0. The molecule has 0 atom stereocenters. The zero-order chi connectivity index (χ0) is 19.4. The molecule has 0 fully saturated rings. The number of rotatable bonds is 5. The number of nitro benzene ring substituents is 1. The molecule has 2 aromatic carbocycles. The van der Waals surface area contributed by atoms with Crippen LogP contribution in [0.5, 0.6) is 11.6 Å². The maximum atomic E-state index is 12.4. The summed E-state index contributed by atoms with van der Waals surface area (Å²) in [6.07, 6.45) is 1.37. The molecular formula is C18H11Cl2N3O4. The van der Waals surface area contributed by atoms with Gasteiger partial charge in [-0.3, -0.25) is 14.9 Å². The number of carbonyl (C=O) groups is 1. The van der Waals surface area contributed by atoms with E-state index in [9.17, 15) is 14.9 Å². The fourth-order valence-corrected chi connectivity index (χ4v) is 2.48. The molecule has 0 saturated heterocycles. The topological polar surface area (TPSA) is 94.4 Å². The largest absolute Gasteiger partial charge is 0.439 e. The molecule has 3 rings (SSSR count). The molecule has 0 aliphatic heterocycles. The number of nitro groups is 1. The van der Waals surface area contributed by atoms with Crippen LogP contribution in [-0.2, 0) is 0 Å². The lowest BCUT2D eigenvalue weighted by Gasteiger charge is -2.08. The molecular weight excluding hydrogens is 393 g/mol. The lowest BCUT2D eigenvalue weighted by Crippen LogP contribution is -2.14. The van der Waals surface area contributed by atoms with Gasteiger partial charge in [-0.1, -0.05) is 23.2 Å². The molecule has 0 bridgehead atoms. The number of nitrogens with one attached hydrogen (secondary N) is 1. The highest BCUT2D eigenvalue weighted by Gasteiger charge is 2.20. The molecule has 7 nitrogen and oxygen atoms in total. The van der Waals surface area contributed by atoms with E-state index in [2.05, 4.69) is 10.3 Å². The quantitative estimate of drug-likeness (QED) is 0.458. The number of nitrogens with zero attached hydrogens (tertiary/aromatic N) is 2. The number of carbonyl (C=O) groups excluding carboxylic acids is 1. The van der Waals surface area contributed by atoms with Crippen molar-refractivity contribution in [3.05, 3.63) is 86.5 Å². The Hall–Kier alpha value is -3.16. The zero-order valence-electron chi connectivity index (χ0n) is 13.6. The fourth-order valence-electron chi connectivity index (χ4n) is 2.19. The highest BCUT2D eigenvalue weighted by atomic mass is 35.5. The van der Waals surface area contributed by atoms with Gasteiger partial charge in [0.15, 0.2) is 0 Å². The molecule has 0 spiro atoms. The third-order valence-electron chi connectivity index (χ3n) is 3.43. The van der Waals surface area contributed by atoms with E-state index in [4.69, 9.17) is 27.9 Å². The maximum Gasteiger partial charge on any atom is 0.282 e. The van der Waals surface area contributed by atoms with Gasteiger partial charge in [-0.2, -0.15) is 0 Å². The van der Waals surface area contributed by atoms with Crippen LogP contribution in [0.3, 0.4) is 0 Å². The predicted octanol–water partition coefficient (Wildman–Crippen LogP) is 5.34. The Balaban J connectivity index is 1.73. The van der Waals surface area contributed by atoms with Crippen molar-refractivity contribution in [1.29, 1.82) is 0 Å². The van der Waals surface area contributed by atoms with E-state index in [-0.39, 0.29) is 16.3 Å². The summed E-state index contributed by atoms with van der Waals surface area (Å²) in [7, 11) is 0. The third kappa shape index (κ3) is 4.72. The first-order valence-corrected chi connectivity index (χ1v) is 8.33. The Labute approximate surface area is 163 Å². The van der Waals surface area contributed by atoms with Crippen LogP contribution in [0, 0.1) is 10.1 Å². The standard InChI is InChI=1S/C18H11Cl2N3O4/c19-11-1-5-14(6-2-11)27-17-8-4-13(10-21-17)22-18(24)15-9-12(20)3-7-16(15)23(25)26/h1-10H,(H,22,24). The molecule has 1 heterocycles. The summed E-state index contributed by atoms with van der Waals surface area (Å²) in [6, 6.07) is 13.6. The van der Waals surface area contributed by atoms with E-state index in [1.807, 2.05) is 0 Å². The first-order valence-electron chi connectivity index (χ1n) is 7.57. The van der Waals surface area contributed by atoms with E-state index < -0.39 is 10.8 Å². The second kappa shape index (κ2) is 8.03. The van der Waals surface area contributed by atoms with Gasteiger partial charge >= 0.3 is 0 Å². The van der Waals surface area contributed by atoms with Crippen molar-refractivity contribution < 1.29 is 14.5 Å². The highest BCUT2D eigenvalue weighted by molar-refractivity contribution is 6.31. The van der Waals surface area contributed by atoms with E-state index in [0.29, 0.717) is 22.3 Å². The lowest BCUT2D eigenvalue weighted by molar-refractivity contribution is -0.385. The number of hydrogen-bond acceptors (Lipinski definition) is 5. The van der Waals surface area contributed by atoms with Crippen LogP contribution in [0.1, 0.15) is 10.4 Å². The smallest absolute Gasteiger partial charge is 0.282 e. The van der Waals surface area contributed by atoms with Crippen molar-refractivity contribution in [2.24, 2.45) is 0 Å². The molecule has 0 saturated carbocycles. The summed E-state index contributed by atoms with van der Waals surface area (Å²) in [4.78, 5) is 26.9. The zero-order valence-corrected chi connectivity index (χ0v) is 15.1. The van der Waals surface area contributed by atoms with Gasteiger partial charge in [0.1, 0.15) is 11.3 Å². The summed E-state index contributed by atoms with van der Waals surface area (Å²) >= 11 is 11.6. The molecule has 0 aliphatic rings. The number of halogens is 2. The van der Waals surface area contributed by atoms with Crippen LogP contribution >= 0.6 is 23.2 Å². The van der Waals surface area contributed by atoms with E-state index in [1.165, 1.54) is 24.4 Å². The van der Waals surface area contributed by atoms with E-state index in [1.54, 1.807) is 36.4 Å². The number of ether oxygens (including phenoxy) is 1. The number of aromatic nitrogens is 1. The average Bonchev–Trinajstić information content (AvgIpc) is 2.65. The van der Waals surface area contributed by atoms with Gasteiger partial charge in [0.25, 0.3) is 11.6 Å². The Morgan fingerprint density at radius 1 is 1.04 bits per heavy atom. The monoisotopic (exact) mass is 403 g/mol. The van der Waals surface area contributed by atoms with E-state index >= 15 is 0 Å². The Morgan fingerprint density at radius 3 is 2.37 bits per heavy atom. The van der Waals surface area contributed by atoms with Crippen molar-refractivity contribution in [2.45, 2.75) is 0 Å². The van der Waals surface area contributed by atoms with Gasteiger partial charge in [-0.05, 0) is 42.5 Å². The van der Waals surface area contributed by atoms with Crippen LogP contribution in [-0.4, -0.2) is 15.8 Å². The normalized spacial score (nSPS) is 10.3. The van der Waals surface area contributed by atoms with Crippen LogP contribution < -0.4 is 10.1 Å². The molecule has 9 heteroatoms. The molecule has 1 N–H and O–H groups in total. The molecule has 0 radical (unpaired) electrons. The molecule has 0 unspecified atom stereocenters. The molecule has 1 amide bonds. The SMILES string of the molecule is O=C(Nc1ccc(Oc2ccc(Cl)cc2)nc1)c1cc(Cl)ccc1[N+](=O)[O-].